The standard InChI is InChI=1S/C12H7N3OS/c16-11-10-9-7-4-2-1-3-6(7)5-8(9)17-12(10)14-15-13-11/h1-4H,5H2,(H,13,14,16). The predicted octanol–water partition coefficient (Wildman–Crippen LogP) is 1.95. The van der Waals surface area contributed by atoms with Crippen molar-refractivity contribution in [3.63, 3.8) is 0 Å². The van der Waals surface area contributed by atoms with Gasteiger partial charge < -0.3 is 0 Å². The van der Waals surface area contributed by atoms with Crippen LogP contribution in [0.2, 0.25) is 0 Å². The van der Waals surface area contributed by atoms with Crippen molar-refractivity contribution in [2.45, 2.75) is 6.42 Å². The highest BCUT2D eigenvalue weighted by molar-refractivity contribution is 7.19. The van der Waals surface area contributed by atoms with Gasteiger partial charge in [-0.3, -0.25) is 4.79 Å². The van der Waals surface area contributed by atoms with Gasteiger partial charge in [0.15, 0.2) is 4.83 Å². The molecule has 0 saturated heterocycles. The second-order valence-electron chi connectivity index (χ2n) is 4.06. The van der Waals surface area contributed by atoms with Gasteiger partial charge in [0.2, 0.25) is 0 Å². The summed E-state index contributed by atoms with van der Waals surface area (Å²) >= 11 is 1.56. The summed E-state index contributed by atoms with van der Waals surface area (Å²) < 4.78 is 0. The van der Waals surface area contributed by atoms with Crippen molar-refractivity contribution in [2.24, 2.45) is 0 Å². The van der Waals surface area contributed by atoms with Gasteiger partial charge >= 0.3 is 0 Å². The molecule has 1 N–H and O–H groups in total. The summed E-state index contributed by atoms with van der Waals surface area (Å²) in [5.41, 5.74) is 3.35. The van der Waals surface area contributed by atoms with E-state index in [1.807, 2.05) is 12.1 Å². The van der Waals surface area contributed by atoms with Crippen molar-refractivity contribution in [2.75, 3.05) is 0 Å². The van der Waals surface area contributed by atoms with Crippen LogP contribution >= 0.6 is 11.3 Å². The van der Waals surface area contributed by atoms with Crippen LogP contribution in [0.4, 0.5) is 0 Å². The lowest BCUT2D eigenvalue weighted by Gasteiger charge is -1.98. The summed E-state index contributed by atoms with van der Waals surface area (Å²) in [5.74, 6) is 0. The van der Waals surface area contributed by atoms with E-state index in [9.17, 15) is 4.79 Å². The summed E-state index contributed by atoms with van der Waals surface area (Å²) in [7, 11) is 0. The monoisotopic (exact) mass is 241 g/mol. The number of thiophene rings is 1. The van der Waals surface area contributed by atoms with Gasteiger partial charge in [-0.15, -0.1) is 16.4 Å². The molecule has 5 heteroatoms. The number of aromatic amines is 1. The number of aromatic nitrogens is 3. The van der Waals surface area contributed by atoms with E-state index in [0.29, 0.717) is 5.39 Å². The molecule has 1 aliphatic carbocycles. The molecule has 0 radical (unpaired) electrons. The Morgan fingerprint density at radius 3 is 3.12 bits per heavy atom. The maximum Gasteiger partial charge on any atom is 0.276 e. The lowest BCUT2D eigenvalue weighted by atomic mass is 10.1. The largest absolute Gasteiger partial charge is 0.276 e. The number of nitrogens with zero attached hydrogens (tertiary/aromatic N) is 2. The number of nitrogens with one attached hydrogen (secondary N) is 1. The number of hydrogen-bond acceptors (Lipinski definition) is 4. The van der Waals surface area contributed by atoms with Crippen molar-refractivity contribution < 1.29 is 0 Å². The van der Waals surface area contributed by atoms with Crippen LogP contribution in [-0.2, 0) is 6.42 Å². The molecule has 4 nitrogen and oxygen atoms in total. The van der Waals surface area contributed by atoms with Crippen molar-refractivity contribution in [1.29, 1.82) is 0 Å². The van der Waals surface area contributed by atoms with E-state index < -0.39 is 0 Å². The number of H-pyrrole nitrogens is 1. The molecular formula is C12H7N3OS. The zero-order valence-corrected chi connectivity index (χ0v) is 9.54. The molecule has 0 amide bonds. The Kier molecular flexibility index (Phi) is 1.61. The maximum atomic E-state index is 11.9. The van der Waals surface area contributed by atoms with E-state index in [0.717, 1.165) is 22.4 Å². The zero-order valence-electron chi connectivity index (χ0n) is 8.73. The highest BCUT2D eigenvalue weighted by Gasteiger charge is 2.25. The molecular weight excluding hydrogens is 234 g/mol. The van der Waals surface area contributed by atoms with Crippen LogP contribution < -0.4 is 5.56 Å². The second kappa shape index (κ2) is 3.01. The van der Waals surface area contributed by atoms with Crippen molar-refractivity contribution >= 4 is 21.6 Å². The first kappa shape index (κ1) is 9.07. The third kappa shape index (κ3) is 1.09. The first-order valence-corrected chi connectivity index (χ1v) is 6.11. The SMILES string of the molecule is O=c1[nH]nnc2sc3c(c12)-c1ccccc1C3. The van der Waals surface area contributed by atoms with Crippen LogP contribution in [0.3, 0.4) is 0 Å². The molecule has 2 heterocycles. The first-order chi connectivity index (χ1) is 8.34. The van der Waals surface area contributed by atoms with E-state index in [-0.39, 0.29) is 5.56 Å². The summed E-state index contributed by atoms with van der Waals surface area (Å²) in [5, 5.41) is 10.7. The summed E-state index contributed by atoms with van der Waals surface area (Å²) in [6.07, 6.45) is 0.895. The lowest BCUT2D eigenvalue weighted by Crippen LogP contribution is -2.08. The molecule has 3 aromatic rings. The van der Waals surface area contributed by atoms with Crippen LogP contribution in [0.15, 0.2) is 29.1 Å². The van der Waals surface area contributed by atoms with Gasteiger partial charge in [-0.1, -0.05) is 29.5 Å². The third-order valence-corrected chi connectivity index (χ3v) is 4.19. The second-order valence-corrected chi connectivity index (χ2v) is 5.14. The van der Waals surface area contributed by atoms with Crippen LogP contribution in [0.25, 0.3) is 21.3 Å². The molecule has 0 bridgehead atoms. The van der Waals surface area contributed by atoms with Gasteiger partial charge in [0.1, 0.15) is 0 Å². The van der Waals surface area contributed by atoms with Gasteiger partial charge in [0.05, 0.1) is 5.39 Å². The third-order valence-electron chi connectivity index (χ3n) is 3.12. The average molecular weight is 241 g/mol. The maximum absolute atomic E-state index is 11.9. The van der Waals surface area contributed by atoms with Gasteiger partial charge in [0, 0.05) is 16.9 Å². The summed E-state index contributed by atoms with van der Waals surface area (Å²) in [6, 6.07) is 8.20. The Bertz CT molecular complexity index is 803. The molecule has 1 aliphatic rings. The van der Waals surface area contributed by atoms with Crippen LogP contribution in [0.5, 0.6) is 0 Å². The molecule has 0 spiro atoms. The molecule has 0 unspecified atom stereocenters. The number of benzene rings is 1. The minimum Gasteiger partial charge on any atom is -0.267 e. The Balaban J connectivity index is 2.22. The molecule has 82 valence electrons. The van der Waals surface area contributed by atoms with Crippen LogP contribution in [0, 0.1) is 0 Å². The summed E-state index contributed by atoms with van der Waals surface area (Å²) in [4.78, 5) is 13.8. The van der Waals surface area contributed by atoms with Crippen molar-refractivity contribution in [3.05, 3.63) is 45.1 Å². The quantitative estimate of drug-likeness (QED) is 0.512. The van der Waals surface area contributed by atoms with Crippen LogP contribution in [-0.4, -0.2) is 15.4 Å². The fourth-order valence-electron chi connectivity index (χ4n) is 2.42. The van der Waals surface area contributed by atoms with E-state index in [1.54, 1.807) is 11.3 Å². The Morgan fingerprint density at radius 1 is 1.29 bits per heavy atom. The number of rotatable bonds is 0. The first-order valence-electron chi connectivity index (χ1n) is 5.29. The highest BCUT2D eigenvalue weighted by Crippen LogP contribution is 2.44. The molecule has 2 aromatic heterocycles. The van der Waals surface area contributed by atoms with Crippen molar-refractivity contribution in [1.82, 2.24) is 15.4 Å². The lowest BCUT2D eigenvalue weighted by molar-refractivity contribution is 0.877. The van der Waals surface area contributed by atoms with Gasteiger partial charge in [-0.25, -0.2) is 5.10 Å². The minimum absolute atomic E-state index is 0.149. The number of hydrogen-bond donors (Lipinski definition) is 1. The molecule has 0 atom stereocenters. The molecule has 1 aromatic carbocycles. The summed E-state index contributed by atoms with van der Waals surface area (Å²) in [6.45, 7) is 0. The molecule has 0 aliphatic heterocycles. The van der Waals surface area contributed by atoms with E-state index in [1.165, 1.54) is 10.4 Å². The van der Waals surface area contributed by atoms with E-state index in [2.05, 4.69) is 27.5 Å². The average Bonchev–Trinajstić information content (AvgIpc) is 2.84. The molecule has 4 rings (SSSR count). The Labute approximate surface area is 99.9 Å². The fraction of sp³-hybridized carbons (Fsp3) is 0.0833. The Morgan fingerprint density at radius 2 is 2.18 bits per heavy atom. The van der Waals surface area contributed by atoms with Gasteiger partial charge in [0.25, 0.3) is 5.56 Å². The highest BCUT2D eigenvalue weighted by atomic mass is 32.1. The minimum atomic E-state index is -0.149. The fourth-order valence-corrected chi connectivity index (χ4v) is 3.57. The molecule has 17 heavy (non-hydrogen) atoms. The Hall–Kier alpha value is -2.01. The van der Waals surface area contributed by atoms with Gasteiger partial charge in [-0.2, -0.15) is 0 Å². The van der Waals surface area contributed by atoms with Gasteiger partial charge in [-0.05, 0) is 11.1 Å². The van der Waals surface area contributed by atoms with Crippen LogP contribution in [0.1, 0.15) is 10.4 Å². The van der Waals surface area contributed by atoms with E-state index in [4.69, 9.17) is 0 Å². The smallest absolute Gasteiger partial charge is 0.267 e. The number of fused-ring (bicyclic) bond motifs is 5. The normalized spacial score (nSPS) is 12.7. The zero-order chi connectivity index (χ0) is 11.4. The predicted molar refractivity (Wildman–Crippen MR) is 66.3 cm³/mol. The van der Waals surface area contributed by atoms with Crippen molar-refractivity contribution in [3.8, 4) is 11.1 Å². The van der Waals surface area contributed by atoms with E-state index >= 15 is 0 Å². The molecule has 0 fully saturated rings. The topological polar surface area (TPSA) is 58.6 Å². The molecule has 0 saturated carbocycles.